The van der Waals surface area contributed by atoms with E-state index in [9.17, 15) is 22.8 Å². The second-order valence-electron chi connectivity index (χ2n) is 7.79. The van der Waals surface area contributed by atoms with E-state index in [0.717, 1.165) is 17.4 Å². The topological polar surface area (TPSA) is 128 Å². The minimum absolute atomic E-state index is 0.131. The number of aromatic nitrogens is 4. The van der Waals surface area contributed by atoms with Crippen molar-refractivity contribution >= 4 is 27.1 Å². The highest BCUT2D eigenvalue weighted by Gasteiger charge is 2.26. The molecule has 12 heteroatoms. The van der Waals surface area contributed by atoms with E-state index in [1.54, 1.807) is 19.2 Å². The highest BCUT2D eigenvalue weighted by molar-refractivity contribution is 7.89. The second-order valence-corrected chi connectivity index (χ2v) is 9.73. The molecule has 1 aromatic carbocycles. The quantitative estimate of drug-likeness (QED) is 0.530. The van der Waals surface area contributed by atoms with E-state index in [4.69, 9.17) is 0 Å². The van der Waals surface area contributed by atoms with Crippen molar-refractivity contribution in [2.75, 3.05) is 13.1 Å². The lowest BCUT2D eigenvalue weighted by Gasteiger charge is -2.15. The fraction of sp³-hybridized carbons (Fsp3) is 0.400. The van der Waals surface area contributed by atoms with Crippen LogP contribution in [0.1, 0.15) is 18.4 Å². The summed E-state index contributed by atoms with van der Waals surface area (Å²) in [7, 11) is -0.367. The maximum absolute atomic E-state index is 12.7. The number of sulfonamides is 1. The Labute approximate surface area is 184 Å². The van der Waals surface area contributed by atoms with Crippen LogP contribution in [-0.4, -0.2) is 50.4 Å². The molecule has 0 aliphatic carbocycles. The Morgan fingerprint density at radius 3 is 2.41 bits per heavy atom. The van der Waals surface area contributed by atoms with Gasteiger partial charge in [-0.3, -0.25) is 14.2 Å². The molecule has 170 valence electrons. The zero-order valence-electron chi connectivity index (χ0n) is 17.8. The molecule has 11 nitrogen and oxygen atoms in total. The first kappa shape index (κ1) is 22.0. The summed E-state index contributed by atoms with van der Waals surface area (Å²) in [5.74, 6) is -0.514. The third-order valence-corrected chi connectivity index (χ3v) is 7.53. The lowest BCUT2D eigenvalue weighted by Crippen LogP contribution is -2.43. The summed E-state index contributed by atoms with van der Waals surface area (Å²) in [6.45, 7) is 0.757. The van der Waals surface area contributed by atoms with Crippen LogP contribution in [0.3, 0.4) is 0 Å². The van der Waals surface area contributed by atoms with E-state index in [1.165, 1.54) is 38.9 Å². The molecule has 0 unspecified atom stereocenters. The molecule has 0 atom stereocenters. The van der Waals surface area contributed by atoms with Crippen LogP contribution in [-0.2, 0) is 42.0 Å². The van der Waals surface area contributed by atoms with E-state index < -0.39 is 33.7 Å². The van der Waals surface area contributed by atoms with E-state index >= 15 is 0 Å². The van der Waals surface area contributed by atoms with Crippen LogP contribution in [0.25, 0.3) is 11.2 Å². The zero-order valence-corrected chi connectivity index (χ0v) is 18.6. The van der Waals surface area contributed by atoms with Crippen LogP contribution in [0.15, 0.2) is 45.1 Å². The Kier molecular flexibility index (Phi) is 5.73. The Bertz CT molecular complexity index is 1400. The van der Waals surface area contributed by atoms with Crippen molar-refractivity contribution in [3.05, 3.63) is 57.0 Å². The molecule has 1 aliphatic heterocycles. The number of hydrogen-bond acceptors (Lipinski definition) is 6. The van der Waals surface area contributed by atoms with Gasteiger partial charge in [0.1, 0.15) is 6.54 Å². The number of hydrogen-bond donors (Lipinski definition) is 1. The lowest BCUT2D eigenvalue weighted by atomic mass is 10.2. The van der Waals surface area contributed by atoms with Gasteiger partial charge in [0.25, 0.3) is 5.56 Å². The molecule has 32 heavy (non-hydrogen) atoms. The Balaban J connectivity index is 1.45. The van der Waals surface area contributed by atoms with Crippen molar-refractivity contribution < 1.29 is 13.2 Å². The summed E-state index contributed by atoms with van der Waals surface area (Å²) in [6.07, 6.45) is 3.16. The summed E-state index contributed by atoms with van der Waals surface area (Å²) in [6, 6.07) is 6.31. The largest absolute Gasteiger partial charge is 0.350 e. The first-order valence-corrected chi connectivity index (χ1v) is 11.6. The molecule has 0 radical (unpaired) electrons. The van der Waals surface area contributed by atoms with Crippen LogP contribution in [0.4, 0.5) is 0 Å². The number of aryl methyl sites for hydroxylation is 2. The zero-order chi connectivity index (χ0) is 23.0. The molecule has 1 saturated heterocycles. The first-order valence-electron chi connectivity index (χ1n) is 10.2. The summed E-state index contributed by atoms with van der Waals surface area (Å²) in [5.41, 5.74) is -0.0403. The fourth-order valence-electron chi connectivity index (χ4n) is 3.79. The normalized spacial score (nSPS) is 14.8. The molecular formula is C20H24N6O5S. The smallest absolute Gasteiger partial charge is 0.332 e. The molecule has 4 rings (SSSR count). The number of carbonyl (C=O) groups excluding carboxylic acids is 1. The molecule has 1 amide bonds. The van der Waals surface area contributed by atoms with E-state index in [1.807, 2.05) is 0 Å². The van der Waals surface area contributed by atoms with E-state index in [2.05, 4.69) is 10.3 Å². The minimum atomic E-state index is -3.49. The average Bonchev–Trinajstić information content (AvgIpc) is 3.45. The van der Waals surface area contributed by atoms with Gasteiger partial charge in [0.2, 0.25) is 15.9 Å². The van der Waals surface area contributed by atoms with Crippen molar-refractivity contribution in [2.24, 2.45) is 14.1 Å². The predicted molar refractivity (Wildman–Crippen MR) is 116 cm³/mol. The fourth-order valence-corrected chi connectivity index (χ4v) is 5.31. The molecule has 0 saturated carbocycles. The molecule has 3 heterocycles. The Morgan fingerprint density at radius 2 is 1.75 bits per heavy atom. The SMILES string of the molecule is Cn1cnc2c1c(=O)n(CC(=O)NCc1ccc(S(=O)(=O)N3CCCC3)cc1)c(=O)n2C. The molecular weight excluding hydrogens is 436 g/mol. The van der Waals surface area contributed by atoms with Crippen LogP contribution in [0, 0.1) is 0 Å². The van der Waals surface area contributed by atoms with Gasteiger partial charge in [0.05, 0.1) is 11.2 Å². The van der Waals surface area contributed by atoms with Gasteiger partial charge in [0, 0.05) is 33.7 Å². The van der Waals surface area contributed by atoms with Crippen LogP contribution < -0.4 is 16.6 Å². The second kappa shape index (κ2) is 8.36. The van der Waals surface area contributed by atoms with E-state index in [-0.39, 0.29) is 22.6 Å². The van der Waals surface area contributed by atoms with Gasteiger partial charge in [-0.15, -0.1) is 0 Å². The predicted octanol–water partition coefficient (Wildman–Crippen LogP) is -0.465. The molecule has 1 fully saturated rings. The Morgan fingerprint density at radius 1 is 1.09 bits per heavy atom. The van der Waals surface area contributed by atoms with Gasteiger partial charge < -0.3 is 9.88 Å². The third-order valence-electron chi connectivity index (χ3n) is 5.62. The molecule has 2 aromatic heterocycles. The Hall–Kier alpha value is -3.25. The molecule has 1 aliphatic rings. The summed E-state index contributed by atoms with van der Waals surface area (Å²) in [5, 5.41) is 2.66. The van der Waals surface area contributed by atoms with Gasteiger partial charge in [-0.2, -0.15) is 4.31 Å². The summed E-state index contributed by atoms with van der Waals surface area (Å²) in [4.78, 5) is 41.9. The number of rotatable bonds is 6. The van der Waals surface area contributed by atoms with Crippen molar-refractivity contribution in [1.82, 2.24) is 28.3 Å². The van der Waals surface area contributed by atoms with E-state index in [0.29, 0.717) is 18.7 Å². The molecule has 1 N–H and O–H groups in total. The number of imidazole rings is 1. The van der Waals surface area contributed by atoms with Crippen molar-refractivity contribution in [3.8, 4) is 0 Å². The highest BCUT2D eigenvalue weighted by atomic mass is 32.2. The first-order chi connectivity index (χ1) is 15.2. The van der Waals surface area contributed by atoms with Crippen LogP contribution in [0.5, 0.6) is 0 Å². The summed E-state index contributed by atoms with van der Waals surface area (Å²) < 4.78 is 30.2. The molecule has 0 bridgehead atoms. The number of nitrogens with one attached hydrogen (secondary N) is 1. The van der Waals surface area contributed by atoms with Gasteiger partial charge in [-0.25, -0.2) is 22.8 Å². The van der Waals surface area contributed by atoms with Crippen LogP contribution >= 0.6 is 0 Å². The van der Waals surface area contributed by atoms with Gasteiger partial charge in [-0.05, 0) is 30.5 Å². The number of amides is 1. The summed E-state index contributed by atoms with van der Waals surface area (Å²) >= 11 is 0. The van der Waals surface area contributed by atoms with Gasteiger partial charge in [0.15, 0.2) is 11.2 Å². The number of nitrogens with zero attached hydrogens (tertiary/aromatic N) is 5. The number of benzene rings is 1. The molecule has 3 aromatic rings. The van der Waals surface area contributed by atoms with Crippen molar-refractivity contribution in [3.63, 3.8) is 0 Å². The monoisotopic (exact) mass is 460 g/mol. The van der Waals surface area contributed by atoms with Gasteiger partial charge >= 0.3 is 5.69 Å². The van der Waals surface area contributed by atoms with Crippen molar-refractivity contribution in [1.29, 1.82) is 0 Å². The maximum atomic E-state index is 12.7. The third kappa shape index (κ3) is 3.86. The van der Waals surface area contributed by atoms with Crippen LogP contribution in [0.2, 0.25) is 0 Å². The maximum Gasteiger partial charge on any atom is 0.332 e. The minimum Gasteiger partial charge on any atom is -0.350 e. The lowest BCUT2D eigenvalue weighted by molar-refractivity contribution is -0.121. The highest BCUT2D eigenvalue weighted by Crippen LogP contribution is 2.21. The van der Waals surface area contributed by atoms with Crippen molar-refractivity contribution in [2.45, 2.75) is 30.8 Å². The molecule has 0 spiro atoms. The standard InChI is InChI=1S/C20H24N6O5S/c1-23-13-22-18-17(23)19(28)26(20(29)24(18)2)12-16(27)21-11-14-5-7-15(8-6-14)32(30,31)25-9-3-4-10-25/h5-8,13H,3-4,9-12H2,1-2H3,(H,21,27). The van der Waals surface area contributed by atoms with Gasteiger partial charge in [-0.1, -0.05) is 12.1 Å². The average molecular weight is 461 g/mol. The number of fused-ring (bicyclic) bond motifs is 1. The number of carbonyl (C=O) groups is 1.